The zero-order valence-electron chi connectivity index (χ0n) is 11.3. The van der Waals surface area contributed by atoms with Gasteiger partial charge in [-0.2, -0.15) is 0 Å². The van der Waals surface area contributed by atoms with Gasteiger partial charge < -0.3 is 4.74 Å². The van der Waals surface area contributed by atoms with Crippen molar-refractivity contribution in [3.63, 3.8) is 0 Å². The fourth-order valence-corrected chi connectivity index (χ4v) is 2.11. The summed E-state index contributed by atoms with van der Waals surface area (Å²) in [7, 11) is 0. The van der Waals surface area contributed by atoms with E-state index in [-0.39, 0.29) is 17.9 Å². The molecule has 21 heavy (non-hydrogen) atoms. The minimum atomic E-state index is -0.576. The molecular weight excluding hydrogens is 290 g/mol. The number of thioether (sulfide) groups is 1. The minimum absolute atomic E-state index is 0.131. The minimum Gasteiger partial charge on any atom is -0.457 e. The first-order valence-corrected chi connectivity index (χ1v) is 7.37. The number of rotatable bonds is 5. The molecule has 5 nitrogen and oxygen atoms in total. The maximum absolute atomic E-state index is 11.9. The van der Waals surface area contributed by atoms with Crippen molar-refractivity contribution in [2.75, 3.05) is 6.26 Å². The lowest BCUT2D eigenvalue weighted by molar-refractivity contribution is -0.384. The molecule has 0 fully saturated rings. The lowest BCUT2D eigenvalue weighted by Gasteiger charge is -2.05. The van der Waals surface area contributed by atoms with Crippen LogP contribution in [0.5, 0.6) is 0 Å². The van der Waals surface area contributed by atoms with E-state index >= 15 is 0 Å². The van der Waals surface area contributed by atoms with Gasteiger partial charge in [0.1, 0.15) is 6.61 Å². The van der Waals surface area contributed by atoms with Gasteiger partial charge in [-0.25, -0.2) is 4.79 Å². The number of ether oxygens (including phenoxy) is 1. The van der Waals surface area contributed by atoms with E-state index in [0.29, 0.717) is 0 Å². The SMILES string of the molecule is CSc1ccc(COC(=O)c2cccc([N+](=O)[O-])c2)cc1. The zero-order chi connectivity index (χ0) is 15.2. The van der Waals surface area contributed by atoms with Crippen LogP contribution < -0.4 is 0 Å². The number of benzene rings is 2. The van der Waals surface area contributed by atoms with E-state index in [1.54, 1.807) is 11.8 Å². The van der Waals surface area contributed by atoms with Crippen molar-refractivity contribution in [3.8, 4) is 0 Å². The molecule has 0 bridgehead atoms. The molecule has 0 radical (unpaired) electrons. The lowest BCUT2D eigenvalue weighted by atomic mass is 10.2. The van der Waals surface area contributed by atoms with Gasteiger partial charge in [-0.15, -0.1) is 11.8 Å². The molecule has 0 spiro atoms. The Morgan fingerprint density at radius 3 is 2.57 bits per heavy atom. The lowest BCUT2D eigenvalue weighted by Crippen LogP contribution is -2.05. The summed E-state index contributed by atoms with van der Waals surface area (Å²) < 4.78 is 5.15. The van der Waals surface area contributed by atoms with E-state index in [1.165, 1.54) is 24.3 Å². The summed E-state index contributed by atoms with van der Waals surface area (Å²) in [5, 5.41) is 10.7. The third-order valence-electron chi connectivity index (χ3n) is 2.82. The van der Waals surface area contributed by atoms with Crippen LogP contribution in [-0.4, -0.2) is 17.1 Å². The molecule has 0 aliphatic carbocycles. The highest BCUT2D eigenvalue weighted by Crippen LogP contribution is 2.17. The molecule has 0 N–H and O–H groups in total. The molecule has 6 heteroatoms. The van der Waals surface area contributed by atoms with Crippen LogP contribution in [-0.2, 0) is 11.3 Å². The second kappa shape index (κ2) is 6.90. The number of esters is 1. The van der Waals surface area contributed by atoms with Crippen LogP contribution in [0.15, 0.2) is 53.4 Å². The van der Waals surface area contributed by atoms with Crippen molar-refractivity contribution < 1.29 is 14.5 Å². The normalized spacial score (nSPS) is 10.1. The Balaban J connectivity index is 2.00. The third-order valence-corrected chi connectivity index (χ3v) is 3.57. The standard InChI is InChI=1S/C15H13NO4S/c1-21-14-7-5-11(6-8-14)10-20-15(17)12-3-2-4-13(9-12)16(18)19/h2-9H,10H2,1H3. The highest BCUT2D eigenvalue weighted by molar-refractivity contribution is 7.98. The predicted octanol–water partition coefficient (Wildman–Crippen LogP) is 3.67. The molecule has 0 unspecified atom stereocenters. The number of carbonyl (C=O) groups excluding carboxylic acids is 1. The first-order chi connectivity index (χ1) is 10.1. The van der Waals surface area contributed by atoms with E-state index in [0.717, 1.165) is 10.5 Å². The Labute approximate surface area is 126 Å². The highest BCUT2D eigenvalue weighted by Gasteiger charge is 2.12. The number of nitro benzene ring substituents is 1. The van der Waals surface area contributed by atoms with Gasteiger partial charge in [0.2, 0.25) is 0 Å². The van der Waals surface area contributed by atoms with Crippen LogP contribution in [0.3, 0.4) is 0 Å². The summed E-state index contributed by atoms with van der Waals surface area (Å²) in [5.74, 6) is -0.576. The molecular formula is C15H13NO4S. The monoisotopic (exact) mass is 303 g/mol. The average molecular weight is 303 g/mol. The van der Waals surface area contributed by atoms with Gasteiger partial charge >= 0.3 is 5.97 Å². The Morgan fingerprint density at radius 1 is 1.24 bits per heavy atom. The van der Waals surface area contributed by atoms with Gasteiger partial charge in [-0.05, 0) is 30.0 Å². The summed E-state index contributed by atoms with van der Waals surface area (Å²) in [6.07, 6.45) is 1.98. The smallest absolute Gasteiger partial charge is 0.338 e. The quantitative estimate of drug-likeness (QED) is 0.365. The van der Waals surface area contributed by atoms with E-state index in [9.17, 15) is 14.9 Å². The van der Waals surface area contributed by atoms with Crippen LogP contribution in [0.25, 0.3) is 0 Å². The molecule has 2 aromatic rings. The number of non-ortho nitro benzene ring substituents is 1. The largest absolute Gasteiger partial charge is 0.457 e. The van der Waals surface area contributed by atoms with E-state index in [2.05, 4.69) is 0 Å². The topological polar surface area (TPSA) is 69.4 Å². The van der Waals surface area contributed by atoms with Crippen molar-refractivity contribution in [1.82, 2.24) is 0 Å². The molecule has 2 aromatic carbocycles. The Morgan fingerprint density at radius 2 is 1.95 bits per heavy atom. The van der Waals surface area contributed by atoms with E-state index in [1.807, 2.05) is 30.5 Å². The molecule has 0 amide bonds. The highest BCUT2D eigenvalue weighted by atomic mass is 32.2. The number of nitrogens with zero attached hydrogens (tertiary/aromatic N) is 1. The first-order valence-electron chi connectivity index (χ1n) is 6.14. The van der Waals surface area contributed by atoms with Crippen molar-refractivity contribution in [2.24, 2.45) is 0 Å². The van der Waals surface area contributed by atoms with Gasteiger partial charge in [0, 0.05) is 17.0 Å². The second-order valence-electron chi connectivity index (χ2n) is 4.23. The zero-order valence-corrected chi connectivity index (χ0v) is 12.1. The molecule has 0 saturated heterocycles. The summed E-state index contributed by atoms with van der Waals surface area (Å²) in [4.78, 5) is 23.1. The van der Waals surface area contributed by atoms with E-state index in [4.69, 9.17) is 4.74 Å². The van der Waals surface area contributed by atoms with Crippen molar-refractivity contribution in [3.05, 3.63) is 69.8 Å². The van der Waals surface area contributed by atoms with Gasteiger partial charge in [0.25, 0.3) is 5.69 Å². The number of hydrogen-bond donors (Lipinski definition) is 0. The molecule has 108 valence electrons. The van der Waals surface area contributed by atoms with Gasteiger partial charge in [-0.1, -0.05) is 18.2 Å². The average Bonchev–Trinajstić information content (AvgIpc) is 2.53. The summed E-state index contributed by atoms with van der Waals surface area (Å²) in [5.41, 5.74) is 0.908. The Kier molecular flexibility index (Phi) is 4.94. The van der Waals surface area contributed by atoms with Crippen molar-refractivity contribution in [1.29, 1.82) is 0 Å². The van der Waals surface area contributed by atoms with E-state index < -0.39 is 10.9 Å². The summed E-state index contributed by atoms with van der Waals surface area (Å²) >= 11 is 1.63. The fourth-order valence-electron chi connectivity index (χ4n) is 1.70. The number of hydrogen-bond acceptors (Lipinski definition) is 5. The number of nitro groups is 1. The van der Waals surface area contributed by atoms with Crippen LogP contribution in [0.2, 0.25) is 0 Å². The van der Waals surface area contributed by atoms with Gasteiger partial charge in [-0.3, -0.25) is 10.1 Å². The Hall–Kier alpha value is -2.34. The van der Waals surface area contributed by atoms with Crippen LogP contribution in [0.4, 0.5) is 5.69 Å². The predicted molar refractivity (Wildman–Crippen MR) is 80.4 cm³/mol. The maximum atomic E-state index is 11.9. The molecule has 0 saturated carbocycles. The molecule has 0 aliphatic heterocycles. The molecule has 2 rings (SSSR count). The number of carbonyl (C=O) groups is 1. The van der Waals surface area contributed by atoms with Gasteiger partial charge in [0.05, 0.1) is 10.5 Å². The third kappa shape index (κ3) is 4.06. The molecule has 0 atom stereocenters. The summed E-state index contributed by atoms with van der Waals surface area (Å²) in [6.45, 7) is 0.135. The maximum Gasteiger partial charge on any atom is 0.338 e. The Bertz CT molecular complexity index is 655. The van der Waals surface area contributed by atoms with Crippen LogP contribution in [0, 0.1) is 10.1 Å². The van der Waals surface area contributed by atoms with Crippen molar-refractivity contribution in [2.45, 2.75) is 11.5 Å². The summed E-state index contributed by atoms with van der Waals surface area (Å²) in [6, 6.07) is 13.1. The first kappa shape index (κ1) is 15.1. The van der Waals surface area contributed by atoms with Gasteiger partial charge in [0.15, 0.2) is 0 Å². The second-order valence-corrected chi connectivity index (χ2v) is 5.11. The molecule has 0 heterocycles. The molecule has 0 aliphatic rings. The van der Waals surface area contributed by atoms with Crippen LogP contribution in [0.1, 0.15) is 15.9 Å². The van der Waals surface area contributed by atoms with Crippen molar-refractivity contribution >= 4 is 23.4 Å². The molecule has 0 aromatic heterocycles. The fraction of sp³-hybridized carbons (Fsp3) is 0.133. The van der Waals surface area contributed by atoms with Crippen LogP contribution >= 0.6 is 11.8 Å².